The summed E-state index contributed by atoms with van der Waals surface area (Å²) in [4.78, 5) is 15.0. The van der Waals surface area contributed by atoms with Crippen LogP contribution in [0.15, 0.2) is 30.5 Å². The van der Waals surface area contributed by atoms with Gasteiger partial charge in [-0.3, -0.25) is 4.79 Å². The number of anilines is 3. The quantitative estimate of drug-likeness (QED) is 0.594. The zero-order valence-electron chi connectivity index (χ0n) is 16.8. The van der Waals surface area contributed by atoms with E-state index in [1.54, 1.807) is 6.20 Å². The minimum atomic E-state index is -0.376. The normalized spacial score (nSPS) is 16.8. The smallest absolute Gasteiger partial charge is 0.295 e. The zero-order valence-corrected chi connectivity index (χ0v) is 16.8. The maximum atomic E-state index is 13.0. The molecule has 30 heavy (non-hydrogen) atoms. The van der Waals surface area contributed by atoms with E-state index in [1.807, 2.05) is 36.2 Å². The van der Waals surface area contributed by atoms with E-state index < -0.39 is 0 Å². The van der Waals surface area contributed by atoms with Crippen LogP contribution in [0, 0.1) is 0 Å². The molecule has 1 aromatic carbocycles. The minimum Gasteiger partial charge on any atom is -0.486 e. The largest absolute Gasteiger partial charge is 0.486 e. The van der Waals surface area contributed by atoms with Crippen LogP contribution in [0.1, 0.15) is 23.5 Å². The summed E-state index contributed by atoms with van der Waals surface area (Å²) in [5.74, 6) is 0.332. The van der Waals surface area contributed by atoms with E-state index in [2.05, 4.69) is 31.2 Å². The van der Waals surface area contributed by atoms with Crippen molar-refractivity contribution in [2.45, 2.75) is 18.9 Å². The molecule has 0 aliphatic carbocycles. The first-order valence-corrected chi connectivity index (χ1v) is 10.2. The molecule has 10 heteroatoms. The summed E-state index contributed by atoms with van der Waals surface area (Å²) >= 11 is 0. The highest BCUT2D eigenvalue weighted by molar-refractivity contribution is 6.04. The first-order valence-electron chi connectivity index (χ1n) is 10.2. The van der Waals surface area contributed by atoms with Crippen LogP contribution in [0.3, 0.4) is 0 Å². The van der Waals surface area contributed by atoms with Gasteiger partial charge in [-0.2, -0.15) is 9.61 Å². The molecule has 2 aliphatic rings. The molecule has 2 aromatic heterocycles. The number of rotatable bonds is 4. The van der Waals surface area contributed by atoms with Gasteiger partial charge in [0, 0.05) is 13.1 Å². The highest BCUT2D eigenvalue weighted by Gasteiger charge is 2.25. The SMILES string of the molecule is CN1CCOc2c1cnn1c(C(=O)Nc3ccccc3NC3CCNCC3)nnc21. The third-order valence-corrected chi connectivity index (χ3v) is 5.53. The number of nitrogens with one attached hydrogen (secondary N) is 3. The number of hydrogen-bond donors (Lipinski definition) is 3. The number of fused-ring (bicyclic) bond motifs is 3. The molecule has 1 fully saturated rings. The van der Waals surface area contributed by atoms with Crippen LogP contribution in [0.25, 0.3) is 5.65 Å². The van der Waals surface area contributed by atoms with Crippen molar-refractivity contribution in [2.75, 3.05) is 48.8 Å². The molecule has 0 atom stereocenters. The van der Waals surface area contributed by atoms with E-state index in [4.69, 9.17) is 4.74 Å². The third kappa shape index (κ3) is 3.39. The van der Waals surface area contributed by atoms with Crippen molar-refractivity contribution in [3.05, 3.63) is 36.3 Å². The van der Waals surface area contributed by atoms with Crippen LogP contribution in [-0.4, -0.2) is 65.0 Å². The lowest BCUT2D eigenvalue weighted by Crippen LogP contribution is -2.35. The van der Waals surface area contributed by atoms with Gasteiger partial charge >= 0.3 is 0 Å². The Morgan fingerprint density at radius 1 is 1.20 bits per heavy atom. The zero-order chi connectivity index (χ0) is 20.5. The highest BCUT2D eigenvalue weighted by Crippen LogP contribution is 2.33. The molecule has 3 aromatic rings. The molecular weight excluding hydrogens is 384 g/mol. The van der Waals surface area contributed by atoms with Gasteiger partial charge in [-0.25, -0.2) is 0 Å². The Labute approximate surface area is 173 Å². The van der Waals surface area contributed by atoms with Gasteiger partial charge in [-0.15, -0.1) is 10.2 Å². The lowest BCUT2D eigenvalue weighted by Gasteiger charge is -2.26. The molecule has 0 bridgehead atoms. The molecule has 156 valence electrons. The number of nitrogens with zero attached hydrogens (tertiary/aromatic N) is 5. The molecule has 10 nitrogen and oxygen atoms in total. The average molecular weight is 408 g/mol. The number of carbonyl (C=O) groups excluding carboxylic acids is 1. The fourth-order valence-electron chi connectivity index (χ4n) is 3.86. The number of carbonyl (C=O) groups is 1. The predicted octanol–water partition coefficient (Wildman–Crippen LogP) is 1.37. The van der Waals surface area contributed by atoms with E-state index >= 15 is 0 Å². The van der Waals surface area contributed by atoms with Crippen LogP contribution in [0.5, 0.6) is 5.75 Å². The first-order chi connectivity index (χ1) is 14.7. The van der Waals surface area contributed by atoms with Crippen molar-refractivity contribution >= 4 is 28.6 Å². The summed E-state index contributed by atoms with van der Waals surface area (Å²) in [6, 6.07) is 8.06. The van der Waals surface area contributed by atoms with Crippen LogP contribution in [0.2, 0.25) is 0 Å². The standard InChI is InChI=1S/C20H24N8O2/c1-27-10-11-30-17-16(27)12-22-28-18(17)25-26-19(28)20(29)24-15-5-3-2-4-14(15)23-13-6-8-21-9-7-13/h2-5,12-13,21,23H,6-11H2,1H3,(H,24,29). The van der Waals surface area contributed by atoms with E-state index in [0.29, 0.717) is 29.7 Å². The van der Waals surface area contributed by atoms with Gasteiger partial charge in [0.15, 0.2) is 5.75 Å². The van der Waals surface area contributed by atoms with Gasteiger partial charge in [0.25, 0.3) is 5.91 Å². The Bertz CT molecular complexity index is 1080. The summed E-state index contributed by atoms with van der Waals surface area (Å²) in [6.07, 6.45) is 3.76. The van der Waals surface area contributed by atoms with E-state index in [1.165, 1.54) is 4.52 Å². The molecule has 4 heterocycles. The Balaban J connectivity index is 1.40. The van der Waals surface area contributed by atoms with Crippen molar-refractivity contribution in [2.24, 2.45) is 0 Å². The second-order valence-corrected chi connectivity index (χ2v) is 7.56. The summed E-state index contributed by atoms with van der Waals surface area (Å²) in [7, 11) is 1.97. The molecule has 0 spiro atoms. The van der Waals surface area contributed by atoms with Crippen molar-refractivity contribution in [3.63, 3.8) is 0 Å². The number of piperidine rings is 1. The van der Waals surface area contributed by atoms with Crippen molar-refractivity contribution in [1.29, 1.82) is 0 Å². The number of aromatic nitrogens is 4. The second-order valence-electron chi connectivity index (χ2n) is 7.56. The summed E-state index contributed by atoms with van der Waals surface area (Å²) < 4.78 is 7.20. The van der Waals surface area contributed by atoms with Gasteiger partial charge in [0.1, 0.15) is 12.3 Å². The van der Waals surface area contributed by atoms with E-state index in [-0.39, 0.29) is 11.7 Å². The molecule has 3 N–H and O–H groups in total. The van der Waals surface area contributed by atoms with Crippen molar-refractivity contribution < 1.29 is 9.53 Å². The van der Waals surface area contributed by atoms with Crippen LogP contribution < -0.4 is 25.6 Å². The highest BCUT2D eigenvalue weighted by atomic mass is 16.5. The fraction of sp³-hybridized carbons (Fsp3) is 0.400. The second kappa shape index (κ2) is 7.79. The summed E-state index contributed by atoms with van der Waals surface area (Å²) in [6.45, 7) is 3.30. The number of benzene rings is 1. The molecule has 0 unspecified atom stereocenters. The fourth-order valence-corrected chi connectivity index (χ4v) is 3.86. The molecule has 1 saturated heterocycles. The topological polar surface area (TPSA) is 109 Å². The molecule has 5 rings (SSSR count). The third-order valence-electron chi connectivity index (χ3n) is 5.53. The maximum absolute atomic E-state index is 13.0. The van der Waals surface area contributed by atoms with E-state index in [9.17, 15) is 4.79 Å². The van der Waals surface area contributed by atoms with Crippen molar-refractivity contribution in [1.82, 2.24) is 25.1 Å². The minimum absolute atomic E-state index is 0.112. The number of hydrogen-bond acceptors (Lipinski definition) is 8. The number of ether oxygens (including phenoxy) is 1. The molecule has 1 amide bonds. The van der Waals surface area contributed by atoms with Crippen LogP contribution in [-0.2, 0) is 0 Å². The van der Waals surface area contributed by atoms with Crippen molar-refractivity contribution in [3.8, 4) is 5.75 Å². The molecule has 2 aliphatic heterocycles. The Kier molecular flexibility index (Phi) is 4.83. The number of likely N-dealkylation sites (N-methyl/N-ethyl adjacent to an activating group) is 1. The van der Waals surface area contributed by atoms with Gasteiger partial charge < -0.3 is 25.6 Å². The lowest BCUT2D eigenvalue weighted by atomic mass is 10.1. The Morgan fingerprint density at radius 2 is 2.00 bits per heavy atom. The van der Waals surface area contributed by atoms with Gasteiger partial charge in [0.2, 0.25) is 11.5 Å². The number of para-hydroxylation sites is 2. The predicted molar refractivity (Wildman–Crippen MR) is 113 cm³/mol. The van der Waals surface area contributed by atoms with Gasteiger partial charge in [-0.1, -0.05) is 12.1 Å². The van der Waals surface area contributed by atoms with E-state index in [0.717, 1.165) is 43.9 Å². The van der Waals surface area contributed by atoms with Crippen LogP contribution in [0.4, 0.5) is 17.1 Å². The summed E-state index contributed by atoms with van der Waals surface area (Å²) in [5.41, 5.74) is 2.86. The van der Waals surface area contributed by atoms with Gasteiger partial charge in [0.05, 0.1) is 24.1 Å². The monoisotopic (exact) mass is 408 g/mol. The number of amides is 1. The Hall–Kier alpha value is -3.40. The van der Waals surface area contributed by atoms with Crippen LogP contribution >= 0.6 is 0 Å². The lowest BCUT2D eigenvalue weighted by molar-refractivity contribution is 0.101. The molecular formula is C20H24N8O2. The first kappa shape index (κ1) is 18.6. The molecule has 0 saturated carbocycles. The van der Waals surface area contributed by atoms with Gasteiger partial charge in [-0.05, 0) is 38.1 Å². The molecule has 0 radical (unpaired) electrons. The Morgan fingerprint density at radius 3 is 2.83 bits per heavy atom. The summed E-state index contributed by atoms with van der Waals surface area (Å²) in [5, 5.41) is 22.5. The maximum Gasteiger partial charge on any atom is 0.295 e. The average Bonchev–Trinajstić information content (AvgIpc) is 3.21.